The van der Waals surface area contributed by atoms with Crippen LogP contribution < -0.4 is 11.1 Å². The first-order valence-electron chi connectivity index (χ1n) is 3.95. The summed E-state index contributed by atoms with van der Waals surface area (Å²) in [6, 6.07) is 0.335. The second kappa shape index (κ2) is 3.38. The zero-order chi connectivity index (χ0) is 9.14. The number of nitrogens with zero attached hydrogens (tertiary/aromatic N) is 2. The minimum atomic E-state index is 0.335. The minimum absolute atomic E-state index is 0.335. The predicted octanol–water partition coefficient (Wildman–Crippen LogP) is 1.19. The number of aryl methyl sites for hydroxylation is 1. The van der Waals surface area contributed by atoms with Gasteiger partial charge in [0.15, 0.2) is 5.82 Å². The molecule has 0 aliphatic rings. The van der Waals surface area contributed by atoms with Gasteiger partial charge in [-0.3, -0.25) is 0 Å². The summed E-state index contributed by atoms with van der Waals surface area (Å²) in [5.74, 6) is 1.45. The summed E-state index contributed by atoms with van der Waals surface area (Å²) < 4.78 is 0. The number of rotatable bonds is 2. The first-order chi connectivity index (χ1) is 5.59. The van der Waals surface area contributed by atoms with Crippen molar-refractivity contribution in [1.29, 1.82) is 0 Å². The van der Waals surface area contributed by atoms with Gasteiger partial charge in [-0.25, -0.2) is 9.97 Å². The van der Waals surface area contributed by atoms with Crippen molar-refractivity contribution >= 4 is 11.5 Å². The van der Waals surface area contributed by atoms with Gasteiger partial charge in [0.05, 0.1) is 11.9 Å². The Bertz CT molecular complexity index is 270. The maximum atomic E-state index is 5.65. The normalized spacial score (nSPS) is 10.3. The van der Waals surface area contributed by atoms with E-state index in [0.717, 1.165) is 11.6 Å². The molecule has 0 fully saturated rings. The van der Waals surface area contributed by atoms with Crippen molar-refractivity contribution in [1.82, 2.24) is 9.97 Å². The molecule has 0 amide bonds. The molecular formula is C8H14N4. The number of anilines is 2. The lowest BCUT2D eigenvalue weighted by atomic mass is 10.3. The van der Waals surface area contributed by atoms with Crippen LogP contribution in [0.2, 0.25) is 0 Å². The fourth-order valence-electron chi connectivity index (χ4n) is 0.868. The van der Waals surface area contributed by atoms with Crippen LogP contribution in [0.4, 0.5) is 11.5 Å². The van der Waals surface area contributed by atoms with Crippen molar-refractivity contribution in [3.8, 4) is 0 Å². The van der Waals surface area contributed by atoms with Gasteiger partial charge in [0.1, 0.15) is 5.82 Å². The molecule has 0 spiro atoms. The maximum absolute atomic E-state index is 5.65. The van der Waals surface area contributed by atoms with Crippen LogP contribution in [0.1, 0.15) is 19.7 Å². The lowest BCUT2D eigenvalue weighted by Crippen LogP contribution is -2.13. The van der Waals surface area contributed by atoms with E-state index in [9.17, 15) is 0 Å². The van der Waals surface area contributed by atoms with E-state index in [1.165, 1.54) is 0 Å². The number of nitrogen functional groups attached to an aromatic ring is 1. The molecule has 0 unspecified atom stereocenters. The Morgan fingerprint density at radius 1 is 1.50 bits per heavy atom. The minimum Gasteiger partial charge on any atom is -0.394 e. The monoisotopic (exact) mass is 166 g/mol. The third kappa shape index (κ3) is 2.08. The Balaban J connectivity index is 2.90. The Morgan fingerprint density at radius 3 is 2.75 bits per heavy atom. The van der Waals surface area contributed by atoms with Gasteiger partial charge in [0, 0.05) is 6.04 Å². The SMILES string of the molecule is Cc1ncc(N)c(NC(C)C)n1. The molecule has 1 aromatic heterocycles. The van der Waals surface area contributed by atoms with E-state index in [0.29, 0.717) is 11.7 Å². The highest BCUT2D eigenvalue weighted by Gasteiger charge is 2.02. The van der Waals surface area contributed by atoms with Gasteiger partial charge in [0.25, 0.3) is 0 Å². The van der Waals surface area contributed by atoms with Crippen LogP contribution in [0.3, 0.4) is 0 Å². The molecule has 0 aliphatic carbocycles. The third-order valence-corrected chi connectivity index (χ3v) is 1.36. The Labute approximate surface area is 72.2 Å². The highest BCUT2D eigenvalue weighted by Crippen LogP contribution is 2.13. The van der Waals surface area contributed by atoms with Crippen LogP contribution in [0.25, 0.3) is 0 Å². The molecule has 1 heterocycles. The second-order valence-electron chi connectivity index (χ2n) is 3.02. The standard InChI is InChI=1S/C8H14N4/c1-5(2)11-8-7(9)4-10-6(3)12-8/h4-5H,9H2,1-3H3,(H,10,11,12). The average Bonchev–Trinajstić information content (AvgIpc) is 1.96. The van der Waals surface area contributed by atoms with Crippen LogP contribution in [0.15, 0.2) is 6.20 Å². The van der Waals surface area contributed by atoms with Gasteiger partial charge < -0.3 is 11.1 Å². The summed E-state index contributed by atoms with van der Waals surface area (Å²) in [5, 5.41) is 3.14. The number of hydrogen-bond donors (Lipinski definition) is 2. The summed E-state index contributed by atoms with van der Waals surface area (Å²) in [6.45, 7) is 5.92. The zero-order valence-corrected chi connectivity index (χ0v) is 7.63. The topological polar surface area (TPSA) is 63.8 Å². The molecule has 66 valence electrons. The van der Waals surface area contributed by atoms with Crippen molar-refractivity contribution in [3.05, 3.63) is 12.0 Å². The number of aromatic nitrogens is 2. The molecule has 12 heavy (non-hydrogen) atoms. The van der Waals surface area contributed by atoms with Crippen LogP contribution >= 0.6 is 0 Å². The second-order valence-corrected chi connectivity index (χ2v) is 3.02. The van der Waals surface area contributed by atoms with E-state index < -0.39 is 0 Å². The molecule has 0 aromatic carbocycles. The first-order valence-corrected chi connectivity index (χ1v) is 3.95. The van der Waals surface area contributed by atoms with Crippen molar-refractivity contribution < 1.29 is 0 Å². The molecule has 4 nitrogen and oxygen atoms in total. The molecule has 0 atom stereocenters. The molecule has 0 saturated carbocycles. The predicted molar refractivity (Wildman–Crippen MR) is 49.9 cm³/mol. The van der Waals surface area contributed by atoms with E-state index in [4.69, 9.17) is 5.73 Å². The molecule has 0 radical (unpaired) electrons. The van der Waals surface area contributed by atoms with Crippen LogP contribution in [-0.2, 0) is 0 Å². The Morgan fingerprint density at radius 2 is 2.17 bits per heavy atom. The molecule has 0 aliphatic heterocycles. The molecule has 3 N–H and O–H groups in total. The smallest absolute Gasteiger partial charge is 0.153 e. The van der Waals surface area contributed by atoms with Crippen molar-refractivity contribution in [2.45, 2.75) is 26.8 Å². The highest BCUT2D eigenvalue weighted by atomic mass is 15.1. The number of nitrogens with one attached hydrogen (secondary N) is 1. The van der Waals surface area contributed by atoms with Crippen LogP contribution in [-0.4, -0.2) is 16.0 Å². The van der Waals surface area contributed by atoms with E-state index >= 15 is 0 Å². The number of hydrogen-bond acceptors (Lipinski definition) is 4. The van der Waals surface area contributed by atoms with E-state index in [-0.39, 0.29) is 0 Å². The van der Waals surface area contributed by atoms with Gasteiger partial charge in [-0.2, -0.15) is 0 Å². The van der Waals surface area contributed by atoms with Gasteiger partial charge >= 0.3 is 0 Å². The molecule has 1 rings (SSSR count). The first kappa shape index (κ1) is 8.77. The summed E-state index contributed by atoms with van der Waals surface area (Å²) in [7, 11) is 0. The third-order valence-electron chi connectivity index (χ3n) is 1.36. The maximum Gasteiger partial charge on any atom is 0.153 e. The molecule has 1 aromatic rings. The fraction of sp³-hybridized carbons (Fsp3) is 0.500. The van der Waals surface area contributed by atoms with Gasteiger partial charge in [0.2, 0.25) is 0 Å². The molecular weight excluding hydrogens is 152 g/mol. The Hall–Kier alpha value is -1.32. The summed E-state index contributed by atoms with van der Waals surface area (Å²) in [4.78, 5) is 8.14. The fourth-order valence-corrected chi connectivity index (χ4v) is 0.868. The van der Waals surface area contributed by atoms with Crippen molar-refractivity contribution in [2.24, 2.45) is 0 Å². The van der Waals surface area contributed by atoms with Gasteiger partial charge in [-0.1, -0.05) is 0 Å². The van der Waals surface area contributed by atoms with Crippen LogP contribution in [0.5, 0.6) is 0 Å². The van der Waals surface area contributed by atoms with E-state index in [2.05, 4.69) is 15.3 Å². The highest BCUT2D eigenvalue weighted by molar-refractivity contribution is 5.59. The van der Waals surface area contributed by atoms with E-state index in [1.807, 2.05) is 20.8 Å². The van der Waals surface area contributed by atoms with E-state index in [1.54, 1.807) is 6.20 Å². The summed E-state index contributed by atoms with van der Waals surface area (Å²) >= 11 is 0. The lowest BCUT2D eigenvalue weighted by molar-refractivity contribution is 0.882. The quantitative estimate of drug-likeness (QED) is 0.692. The lowest BCUT2D eigenvalue weighted by Gasteiger charge is -2.10. The Kier molecular flexibility index (Phi) is 2.47. The van der Waals surface area contributed by atoms with Gasteiger partial charge in [-0.05, 0) is 20.8 Å². The summed E-state index contributed by atoms with van der Waals surface area (Å²) in [5.41, 5.74) is 6.24. The van der Waals surface area contributed by atoms with Crippen molar-refractivity contribution in [3.63, 3.8) is 0 Å². The van der Waals surface area contributed by atoms with Crippen molar-refractivity contribution in [2.75, 3.05) is 11.1 Å². The summed E-state index contributed by atoms with van der Waals surface area (Å²) in [6.07, 6.45) is 1.62. The number of nitrogens with two attached hydrogens (primary N) is 1. The average molecular weight is 166 g/mol. The molecule has 0 saturated heterocycles. The van der Waals surface area contributed by atoms with Gasteiger partial charge in [-0.15, -0.1) is 0 Å². The van der Waals surface area contributed by atoms with Crippen LogP contribution in [0, 0.1) is 6.92 Å². The molecule has 0 bridgehead atoms. The largest absolute Gasteiger partial charge is 0.394 e. The zero-order valence-electron chi connectivity index (χ0n) is 7.63. The molecule has 4 heteroatoms.